The van der Waals surface area contributed by atoms with Crippen LogP contribution >= 0.6 is 0 Å². The van der Waals surface area contributed by atoms with E-state index >= 15 is 0 Å². The van der Waals surface area contributed by atoms with Crippen LogP contribution in [0.1, 0.15) is 19.8 Å². The van der Waals surface area contributed by atoms with Crippen molar-refractivity contribution in [1.29, 1.82) is 0 Å². The topological polar surface area (TPSA) is 0 Å². The smallest absolute Gasteiger partial charge is 1.00 e. The van der Waals surface area contributed by atoms with Crippen LogP contribution in [0.5, 0.6) is 0 Å². The Kier molecular flexibility index (Phi) is 20.1. The molecule has 0 nitrogen and oxygen atoms in total. The molecule has 0 atom stereocenters. The molecule has 4 heteroatoms. The fraction of sp³-hybridized carbons (Fsp3) is 0.556. The van der Waals surface area contributed by atoms with Gasteiger partial charge in [-0.15, -0.1) is 0 Å². The van der Waals surface area contributed by atoms with Crippen molar-refractivity contribution in [2.75, 3.05) is 0 Å². The summed E-state index contributed by atoms with van der Waals surface area (Å²) >= 11 is -0.0533. The number of allylic oxidation sites excluding steroid dienone is 4. The first kappa shape index (κ1) is 19.8. The van der Waals surface area contributed by atoms with E-state index in [1.807, 2.05) is 0 Å². The fourth-order valence-electron chi connectivity index (χ4n) is 1.01. The van der Waals surface area contributed by atoms with E-state index in [0.29, 0.717) is 0 Å². The maximum atomic E-state index is 2.36. The summed E-state index contributed by atoms with van der Waals surface area (Å²) in [5.41, 5.74) is 0. The first-order chi connectivity index (χ1) is 4.93. The molecule has 0 bridgehead atoms. The van der Waals surface area contributed by atoms with Crippen LogP contribution in [0.4, 0.5) is 0 Å². The average molecular weight is 320 g/mol. The summed E-state index contributed by atoms with van der Waals surface area (Å²) in [6.45, 7) is 2.28. The Morgan fingerprint density at radius 3 is 2.08 bits per heavy atom. The Morgan fingerprint density at radius 1 is 1.08 bits per heavy atom. The molecule has 1 aliphatic rings. The van der Waals surface area contributed by atoms with Crippen LogP contribution in [0.3, 0.4) is 0 Å². The van der Waals surface area contributed by atoms with E-state index in [2.05, 4.69) is 31.2 Å². The van der Waals surface area contributed by atoms with Gasteiger partial charge >= 0.3 is 75.1 Å². The first-order valence-electron chi connectivity index (χ1n) is 4.02. The fourth-order valence-corrected chi connectivity index (χ4v) is 4.42. The van der Waals surface area contributed by atoms with E-state index in [1.165, 1.54) is 12.8 Å². The van der Waals surface area contributed by atoms with Crippen molar-refractivity contribution < 1.29 is 60.5 Å². The normalized spacial score (nSPS) is 12.4. The van der Waals surface area contributed by atoms with Crippen LogP contribution in [0.25, 0.3) is 0 Å². The number of hydrogen-bond acceptors (Lipinski definition) is 0. The van der Waals surface area contributed by atoms with Gasteiger partial charge in [0.15, 0.2) is 0 Å². The Balaban J connectivity index is -0.000000333. The second-order valence-electron chi connectivity index (χ2n) is 2.60. The van der Waals surface area contributed by atoms with Gasteiger partial charge in [-0.2, -0.15) is 0 Å². The molecule has 0 aromatic carbocycles. The van der Waals surface area contributed by atoms with E-state index in [9.17, 15) is 0 Å². The second kappa shape index (κ2) is 13.2. The number of halogens is 3. The van der Waals surface area contributed by atoms with Gasteiger partial charge in [0.1, 0.15) is 0 Å². The molecule has 0 aromatic heterocycles. The van der Waals surface area contributed by atoms with E-state index in [4.69, 9.17) is 0 Å². The Hall–Kier alpha value is 1.23. The molecular formula is C9H14Cl3Zr-. The molecule has 13 heavy (non-hydrogen) atoms. The van der Waals surface area contributed by atoms with Gasteiger partial charge in [0.25, 0.3) is 0 Å². The summed E-state index contributed by atoms with van der Waals surface area (Å²) in [5.74, 6) is 0. The maximum absolute atomic E-state index is 2.36. The second-order valence-corrected chi connectivity index (χ2v) is 6.47. The molecule has 0 N–H and O–H groups in total. The number of unbranched alkanes of at least 4 members (excludes halogenated alkanes) is 1. The molecule has 1 rings (SSSR count). The number of hydrogen-bond donors (Lipinski definition) is 0. The van der Waals surface area contributed by atoms with Crippen LogP contribution in [-0.2, 0) is 23.2 Å². The third-order valence-corrected chi connectivity index (χ3v) is 5.34. The predicted molar refractivity (Wildman–Crippen MR) is 41.7 cm³/mol. The molecule has 0 heterocycles. The largest absolute Gasteiger partial charge is 1.00 e. The summed E-state index contributed by atoms with van der Waals surface area (Å²) in [7, 11) is 0. The maximum Gasteiger partial charge on any atom is -1.00 e. The Bertz CT molecular complexity index is 134. The standard InChI is InChI=1S/C5H5.C4H9.3ClH.Zr/c1-2-4-5-3-1;1-3-4-2;;;;/h1-5H;1,3-4H2,2H3;3*1H;/q;;;;;+2/p-3. The number of rotatable bonds is 4. The van der Waals surface area contributed by atoms with Crippen molar-refractivity contribution in [2.24, 2.45) is 0 Å². The minimum absolute atomic E-state index is 0. The zero-order valence-electron chi connectivity index (χ0n) is 7.64. The van der Waals surface area contributed by atoms with Gasteiger partial charge in [0.2, 0.25) is 0 Å². The zero-order chi connectivity index (χ0) is 7.23. The molecule has 0 fully saturated rings. The molecule has 0 aromatic rings. The minimum Gasteiger partial charge on any atom is -1.00 e. The van der Waals surface area contributed by atoms with Crippen molar-refractivity contribution in [3.05, 3.63) is 24.3 Å². The van der Waals surface area contributed by atoms with Crippen molar-refractivity contribution in [3.8, 4) is 0 Å². The van der Waals surface area contributed by atoms with Crippen LogP contribution in [-0.4, -0.2) is 0 Å². The zero-order valence-corrected chi connectivity index (χ0v) is 12.4. The molecular weight excluding hydrogens is 306 g/mol. The van der Waals surface area contributed by atoms with E-state index in [0.717, 1.165) is 3.63 Å². The van der Waals surface area contributed by atoms with Crippen LogP contribution in [0, 0.1) is 0 Å². The summed E-state index contributed by atoms with van der Waals surface area (Å²) in [4.78, 5) is 0. The molecule has 0 saturated heterocycles. The van der Waals surface area contributed by atoms with Gasteiger partial charge in [-0.1, -0.05) is 0 Å². The van der Waals surface area contributed by atoms with Crippen molar-refractivity contribution >= 4 is 0 Å². The molecule has 76 valence electrons. The van der Waals surface area contributed by atoms with Crippen LogP contribution < -0.4 is 37.2 Å². The molecule has 0 spiro atoms. The Labute approximate surface area is 111 Å². The molecule has 0 aliphatic heterocycles. The van der Waals surface area contributed by atoms with Gasteiger partial charge in [-0.05, 0) is 0 Å². The van der Waals surface area contributed by atoms with E-state index in [-0.39, 0.29) is 60.5 Å². The van der Waals surface area contributed by atoms with Gasteiger partial charge in [-0.3, -0.25) is 0 Å². The first-order valence-corrected chi connectivity index (χ1v) is 7.17. The van der Waals surface area contributed by atoms with Crippen LogP contribution in [0.15, 0.2) is 24.3 Å². The van der Waals surface area contributed by atoms with E-state index in [1.54, 1.807) is 4.13 Å². The van der Waals surface area contributed by atoms with Gasteiger partial charge in [-0.25, -0.2) is 0 Å². The van der Waals surface area contributed by atoms with Gasteiger partial charge < -0.3 is 37.2 Å². The van der Waals surface area contributed by atoms with Crippen LogP contribution in [0.2, 0.25) is 7.75 Å². The molecule has 0 unspecified atom stereocenters. The monoisotopic (exact) mass is 317 g/mol. The Morgan fingerprint density at radius 2 is 1.62 bits per heavy atom. The third kappa shape index (κ3) is 9.54. The average Bonchev–Trinajstić information content (AvgIpc) is 2.41. The third-order valence-electron chi connectivity index (χ3n) is 1.66. The van der Waals surface area contributed by atoms with Crippen molar-refractivity contribution in [3.63, 3.8) is 0 Å². The summed E-state index contributed by atoms with van der Waals surface area (Å²) in [5, 5.41) is 0. The predicted octanol–water partition coefficient (Wildman–Crippen LogP) is -5.79. The van der Waals surface area contributed by atoms with Crippen molar-refractivity contribution in [1.82, 2.24) is 0 Å². The molecule has 1 aliphatic carbocycles. The molecule has 0 amide bonds. The van der Waals surface area contributed by atoms with Crippen molar-refractivity contribution in [2.45, 2.75) is 27.5 Å². The SMILES string of the molecule is CCC[CH2][Zr+2][CH]1C=CC=C1.[Cl-].[Cl-].[Cl-]. The molecule has 0 saturated carbocycles. The minimum atomic E-state index is -0.0533. The summed E-state index contributed by atoms with van der Waals surface area (Å²) in [6, 6.07) is 0. The van der Waals surface area contributed by atoms with E-state index < -0.39 is 0 Å². The van der Waals surface area contributed by atoms with Gasteiger partial charge in [0.05, 0.1) is 0 Å². The summed E-state index contributed by atoms with van der Waals surface area (Å²) in [6.07, 6.45) is 11.9. The molecule has 0 radical (unpaired) electrons. The quantitative estimate of drug-likeness (QED) is 0.453. The van der Waals surface area contributed by atoms with Gasteiger partial charge in [0, 0.05) is 0 Å². The summed E-state index contributed by atoms with van der Waals surface area (Å²) < 4.78 is 2.48.